The molecule has 1 amide bonds. The van der Waals surface area contributed by atoms with Gasteiger partial charge in [0.1, 0.15) is 7.85 Å². The lowest BCUT2D eigenvalue weighted by Gasteiger charge is -2.24. The summed E-state index contributed by atoms with van der Waals surface area (Å²) in [4.78, 5) is 14.1. The summed E-state index contributed by atoms with van der Waals surface area (Å²) in [6, 6.07) is 24.4. The molecule has 0 atom stereocenters. The highest BCUT2D eigenvalue weighted by molar-refractivity contribution is 6.59. The third-order valence-electron chi connectivity index (χ3n) is 6.39. The number of hydrogen-bond acceptors (Lipinski definition) is 5. The van der Waals surface area contributed by atoms with Crippen LogP contribution in [-0.2, 0) is 31.0 Å². The Kier molecular flexibility index (Phi) is 11.2. The smallest absolute Gasteiger partial charge is 0.423 e. The highest BCUT2D eigenvalue weighted by atomic mass is 16.4. The number of carbonyl (C=O) groups excluding carboxylic acids is 1. The monoisotopic (exact) mass is 497 g/mol. The molecular weight excluding hydrogens is 460 g/mol. The molecule has 6 nitrogen and oxygen atoms in total. The summed E-state index contributed by atoms with van der Waals surface area (Å²) in [6.45, 7) is 9.58. The lowest BCUT2D eigenvalue weighted by molar-refractivity contribution is -0.117. The third-order valence-corrected chi connectivity index (χ3v) is 6.39. The van der Waals surface area contributed by atoms with E-state index in [2.05, 4.69) is 78.5 Å². The molecule has 0 heterocycles. The van der Waals surface area contributed by atoms with Gasteiger partial charge >= 0.3 is 7.12 Å². The van der Waals surface area contributed by atoms with Crippen LogP contribution in [0.25, 0.3) is 0 Å². The molecule has 192 valence electrons. The molecule has 0 aromatic heterocycles. The molecule has 3 aromatic carbocycles. The normalized spacial score (nSPS) is 10.9. The molecule has 0 radical (unpaired) electrons. The van der Waals surface area contributed by atoms with E-state index < -0.39 is 7.12 Å². The first-order valence-electron chi connectivity index (χ1n) is 12.8. The molecule has 8 heteroatoms. The first-order chi connectivity index (χ1) is 17.8. The van der Waals surface area contributed by atoms with Gasteiger partial charge in [0.2, 0.25) is 5.91 Å². The first-order valence-corrected chi connectivity index (χ1v) is 12.8. The van der Waals surface area contributed by atoms with Crippen molar-refractivity contribution in [3.63, 3.8) is 0 Å². The van der Waals surface area contributed by atoms with Crippen LogP contribution in [0.15, 0.2) is 84.9 Å². The van der Waals surface area contributed by atoms with E-state index in [0.717, 1.165) is 31.6 Å². The fourth-order valence-corrected chi connectivity index (χ4v) is 4.21. The number of hydrogen-bond donors (Lipinski definition) is 4. The van der Waals surface area contributed by atoms with E-state index in [9.17, 15) is 14.8 Å². The van der Waals surface area contributed by atoms with Gasteiger partial charge in [-0.3, -0.25) is 9.69 Å². The van der Waals surface area contributed by atoms with Gasteiger partial charge < -0.3 is 20.7 Å². The minimum atomic E-state index is -1.51. The van der Waals surface area contributed by atoms with E-state index >= 15 is 0 Å². The van der Waals surface area contributed by atoms with Gasteiger partial charge in [-0.05, 0) is 41.1 Å². The number of nitrogens with zero attached hydrogens (tertiary/aromatic N) is 1. The molecule has 0 bridgehead atoms. The van der Waals surface area contributed by atoms with Crippen molar-refractivity contribution < 1.29 is 14.8 Å². The molecule has 3 aromatic rings. The standard InChI is InChI=1S/C29H37B2N3O3/c1-22(2)29(35)33-16-7-17-34(21-26-9-4-6-11-28(26)31(36)37)20-24-14-12-23(13-15-24)18-32-19-25-8-3-5-10-27(25)30/h3-6,8-15,32,36-37H,1,7,16-21,30H2,2H3,(H,33,35). The maximum atomic E-state index is 11.8. The summed E-state index contributed by atoms with van der Waals surface area (Å²) < 4.78 is 0. The van der Waals surface area contributed by atoms with Gasteiger partial charge in [0.25, 0.3) is 0 Å². The van der Waals surface area contributed by atoms with Crippen molar-refractivity contribution in [3.8, 4) is 0 Å². The zero-order chi connectivity index (χ0) is 26.6. The van der Waals surface area contributed by atoms with E-state index in [1.54, 1.807) is 13.0 Å². The van der Waals surface area contributed by atoms with Crippen molar-refractivity contribution in [3.05, 3.63) is 107 Å². The number of benzene rings is 3. The average molecular weight is 497 g/mol. The van der Waals surface area contributed by atoms with Crippen molar-refractivity contribution in [2.24, 2.45) is 0 Å². The zero-order valence-corrected chi connectivity index (χ0v) is 21.9. The van der Waals surface area contributed by atoms with Crippen molar-refractivity contribution in [2.75, 3.05) is 13.1 Å². The van der Waals surface area contributed by atoms with E-state index in [0.29, 0.717) is 30.7 Å². The topological polar surface area (TPSA) is 84.8 Å². The van der Waals surface area contributed by atoms with Crippen LogP contribution < -0.4 is 21.6 Å². The fraction of sp³-hybridized carbons (Fsp3) is 0.276. The molecule has 0 aliphatic carbocycles. The molecule has 0 unspecified atom stereocenters. The molecule has 0 spiro atoms. The van der Waals surface area contributed by atoms with E-state index in [1.165, 1.54) is 22.2 Å². The Morgan fingerprint density at radius 1 is 0.919 bits per heavy atom. The maximum absolute atomic E-state index is 11.8. The first kappa shape index (κ1) is 28.4. The summed E-state index contributed by atoms with van der Waals surface area (Å²) in [5.74, 6) is -0.132. The van der Waals surface area contributed by atoms with Crippen LogP contribution in [0.2, 0.25) is 0 Å². The van der Waals surface area contributed by atoms with Crippen LogP contribution in [0.4, 0.5) is 0 Å². The molecule has 4 N–H and O–H groups in total. The number of nitrogens with one attached hydrogen (secondary N) is 2. The molecule has 0 saturated carbocycles. The van der Waals surface area contributed by atoms with Crippen molar-refractivity contribution in [2.45, 2.75) is 39.5 Å². The van der Waals surface area contributed by atoms with Gasteiger partial charge in [-0.2, -0.15) is 0 Å². The highest BCUT2D eigenvalue weighted by Gasteiger charge is 2.17. The van der Waals surface area contributed by atoms with Crippen LogP contribution in [0.5, 0.6) is 0 Å². The van der Waals surface area contributed by atoms with E-state index in [1.807, 2.05) is 18.2 Å². The van der Waals surface area contributed by atoms with Crippen LogP contribution >= 0.6 is 0 Å². The van der Waals surface area contributed by atoms with Gasteiger partial charge in [0, 0.05) is 44.8 Å². The molecule has 37 heavy (non-hydrogen) atoms. The minimum absolute atomic E-state index is 0.132. The van der Waals surface area contributed by atoms with Crippen LogP contribution in [0.3, 0.4) is 0 Å². The zero-order valence-electron chi connectivity index (χ0n) is 21.9. The Balaban J connectivity index is 1.60. The van der Waals surface area contributed by atoms with Crippen molar-refractivity contribution >= 4 is 31.8 Å². The van der Waals surface area contributed by atoms with Crippen LogP contribution in [0.1, 0.15) is 35.6 Å². The lowest BCUT2D eigenvalue weighted by atomic mass is 9.77. The largest absolute Gasteiger partial charge is 0.488 e. The van der Waals surface area contributed by atoms with Gasteiger partial charge in [-0.15, -0.1) is 0 Å². The Hall–Kier alpha value is -3.16. The summed E-state index contributed by atoms with van der Waals surface area (Å²) in [5, 5.41) is 26.0. The van der Waals surface area contributed by atoms with Crippen LogP contribution in [-0.4, -0.2) is 48.9 Å². The predicted octanol–water partition coefficient (Wildman–Crippen LogP) is 0.999. The van der Waals surface area contributed by atoms with E-state index in [4.69, 9.17) is 0 Å². The molecule has 0 fully saturated rings. The maximum Gasteiger partial charge on any atom is 0.488 e. The molecule has 3 rings (SSSR count). The summed E-state index contributed by atoms with van der Waals surface area (Å²) in [7, 11) is 0.616. The third kappa shape index (κ3) is 9.34. The average Bonchev–Trinajstić information content (AvgIpc) is 2.88. The second-order valence-electron chi connectivity index (χ2n) is 9.52. The van der Waals surface area contributed by atoms with Gasteiger partial charge in [-0.1, -0.05) is 84.8 Å². The number of amides is 1. The summed E-state index contributed by atoms with van der Waals surface area (Å²) in [6.07, 6.45) is 0.768. The molecule has 0 saturated heterocycles. The Morgan fingerprint density at radius 3 is 2.24 bits per heavy atom. The van der Waals surface area contributed by atoms with Crippen LogP contribution in [0, 0.1) is 0 Å². The number of rotatable bonds is 14. The van der Waals surface area contributed by atoms with Crippen molar-refractivity contribution in [1.82, 2.24) is 15.5 Å². The lowest BCUT2D eigenvalue weighted by Crippen LogP contribution is -2.36. The Bertz CT molecular complexity index is 1170. The minimum Gasteiger partial charge on any atom is -0.423 e. The highest BCUT2D eigenvalue weighted by Crippen LogP contribution is 2.12. The van der Waals surface area contributed by atoms with Gasteiger partial charge in [0.15, 0.2) is 0 Å². The number of carbonyl (C=O) groups is 1. The Labute approximate surface area is 222 Å². The van der Waals surface area contributed by atoms with Crippen molar-refractivity contribution in [1.29, 1.82) is 0 Å². The van der Waals surface area contributed by atoms with Gasteiger partial charge in [0.05, 0.1) is 0 Å². The SMILES string of the molecule is Bc1ccccc1CNCc1ccc(CN(CCCNC(=O)C(=C)C)Cc2ccccc2B(O)O)cc1. The quantitative estimate of drug-likeness (QED) is 0.152. The second-order valence-corrected chi connectivity index (χ2v) is 9.52. The summed E-state index contributed by atoms with van der Waals surface area (Å²) >= 11 is 0. The predicted molar refractivity (Wildman–Crippen MR) is 154 cm³/mol. The second kappa shape index (κ2) is 14.5. The molecule has 0 aliphatic rings. The fourth-order valence-electron chi connectivity index (χ4n) is 4.21. The Morgan fingerprint density at radius 2 is 1.57 bits per heavy atom. The van der Waals surface area contributed by atoms with Gasteiger partial charge in [-0.25, -0.2) is 0 Å². The summed E-state index contributed by atoms with van der Waals surface area (Å²) in [5.41, 5.74) is 6.88. The molecular formula is C29H37B2N3O3. The molecule has 0 aliphatic heterocycles. The van der Waals surface area contributed by atoms with E-state index in [-0.39, 0.29) is 5.91 Å².